The molecular formula is C17H12N4O2S. The molecule has 3 aromatic rings. The summed E-state index contributed by atoms with van der Waals surface area (Å²) in [6, 6.07) is 15.7. The third kappa shape index (κ3) is 3.24. The molecule has 0 aliphatic heterocycles. The molecule has 0 aliphatic carbocycles. The van der Waals surface area contributed by atoms with Crippen LogP contribution in [-0.4, -0.2) is 20.9 Å². The molecule has 3 rings (SSSR count). The van der Waals surface area contributed by atoms with E-state index in [9.17, 15) is 4.79 Å². The lowest BCUT2D eigenvalue weighted by Crippen LogP contribution is -2.10. The molecule has 1 aromatic heterocycles. The Morgan fingerprint density at radius 1 is 1.29 bits per heavy atom. The number of hydrogen-bond donors (Lipinski definition) is 1. The average molecular weight is 336 g/mol. The summed E-state index contributed by atoms with van der Waals surface area (Å²) in [7, 11) is 1.78. The number of nitrogens with zero attached hydrogens (tertiary/aromatic N) is 4. The van der Waals surface area contributed by atoms with Gasteiger partial charge < -0.3 is 5.11 Å². The standard InChI is InChI=1S/C17H12N4O2S/c1-21-17(19-14-4-2-3-13(9-14)16(22)23)24-15(20-21)12-7-5-11(10-18)6-8-12/h2-9H,1H3,(H,22,23). The second-order valence-electron chi connectivity index (χ2n) is 4.97. The van der Waals surface area contributed by atoms with Crippen molar-refractivity contribution in [2.75, 3.05) is 0 Å². The number of carboxylic acid groups (broad SMARTS) is 1. The molecule has 0 amide bonds. The van der Waals surface area contributed by atoms with Crippen LogP contribution in [0.15, 0.2) is 53.5 Å². The molecule has 2 aromatic carbocycles. The third-order valence-electron chi connectivity index (χ3n) is 3.28. The Balaban J connectivity index is 2.01. The van der Waals surface area contributed by atoms with Crippen molar-refractivity contribution in [1.82, 2.24) is 9.78 Å². The second kappa shape index (κ2) is 6.48. The summed E-state index contributed by atoms with van der Waals surface area (Å²) in [5.74, 6) is -0.987. The van der Waals surface area contributed by atoms with E-state index in [-0.39, 0.29) is 5.56 Å². The van der Waals surface area contributed by atoms with Crippen LogP contribution in [0.2, 0.25) is 0 Å². The Labute approximate surface area is 141 Å². The van der Waals surface area contributed by atoms with E-state index in [2.05, 4.69) is 16.2 Å². The fraction of sp³-hybridized carbons (Fsp3) is 0.0588. The maximum Gasteiger partial charge on any atom is 0.335 e. The van der Waals surface area contributed by atoms with Gasteiger partial charge in [0, 0.05) is 12.6 Å². The molecule has 0 radical (unpaired) electrons. The number of hydrogen-bond acceptors (Lipinski definition) is 5. The SMILES string of the molecule is Cn1nc(-c2ccc(C#N)cc2)sc1=Nc1cccc(C(=O)O)c1. The van der Waals surface area contributed by atoms with Gasteiger partial charge in [0.15, 0.2) is 0 Å². The number of carboxylic acids is 1. The minimum atomic E-state index is -0.987. The fourth-order valence-electron chi connectivity index (χ4n) is 2.07. The van der Waals surface area contributed by atoms with Gasteiger partial charge in [-0.3, -0.25) is 0 Å². The van der Waals surface area contributed by atoms with Gasteiger partial charge in [-0.05, 0) is 30.3 Å². The Bertz CT molecular complexity index is 1010. The zero-order chi connectivity index (χ0) is 17.1. The lowest BCUT2D eigenvalue weighted by molar-refractivity contribution is 0.0697. The van der Waals surface area contributed by atoms with E-state index >= 15 is 0 Å². The summed E-state index contributed by atoms with van der Waals surface area (Å²) in [5.41, 5.74) is 2.24. The minimum Gasteiger partial charge on any atom is -0.478 e. The fourth-order valence-corrected chi connectivity index (χ4v) is 2.98. The monoisotopic (exact) mass is 336 g/mol. The predicted molar refractivity (Wildman–Crippen MR) is 89.9 cm³/mol. The highest BCUT2D eigenvalue weighted by molar-refractivity contribution is 7.12. The lowest BCUT2D eigenvalue weighted by Gasteiger charge is -1.95. The predicted octanol–water partition coefficient (Wildman–Crippen LogP) is 2.95. The highest BCUT2D eigenvalue weighted by Gasteiger charge is 2.07. The van der Waals surface area contributed by atoms with Crippen LogP contribution < -0.4 is 4.80 Å². The molecule has 0 bridgehead atoms. The van der Waals surface area contributed by atoms with Crippen LogP contribution in [0.3, 0.4) is 0 Å². The van der Waals surface area contributed by atoms with Crippen molar-refractivity contribution < 1.29 is 9.90 Å². The molecule has 1 N–H and O–H groups in total. The number of aromatic nitrogens is 2. The molecule has 6 nitrogen and oxygen atoms in total. The summed E-state index contributed by atoms with van der Waals surface area (Å²) >= 11 is 1.39. The Hall–Kier alpha value is -3.24. The van der Waals surface area contributed by atoms with E-state index in [1.54, 1.807) is 36.0 Å². The van der Waals surface area contributed by atoms with Gasteiger partial charge in [-0.1, -0.05) is 29.5 Å². The lowest BCUT2D eigenvalue weighted by atomic mass is 10.2. The number of carbonyl (C=O) groups is 1. The van der Waals surface area contributed by atoms with Gasteiger partial charge in [0.2, 0.25) is 4.80 Å². The summed E-state index contributed by atoms with van der Waals surface area (Å²) in [4.78, 5) is 16.2. The average Bonchev–Trinajstić information content (AvgIpc) is 2.96. The van der Waals surface area contributed by atoms with Crippen molar-refractivity contribution in [2.45, 2.75) is 0 Å². The van der Waals surface area contributed by atoms with Gasteiger partial charge >= 0.3 is 5.97 Å². The maximum absolute atomic E-state index is 11.0. The summed E-state index contributed by atoms with van der Waals surface area (Å²) in [5, 5.41) is 23.1. The molecule has 1 heterocycles. The van der Waals surface area contributed by atoms with Crippen molar-refractivity contribution in [3.8, 4) is 16.6 Å². The molecule has 0 fully saturated rings. The first-order valence-corrected chi connectivity index (χ1v) is 7.81. The van der Waals surface area contributed by atoms with Gasteiger partial charge in [0.1, 0.15) is 5.01 Å². The first-order valence-electron chi connectivity index (χ1n) is 6.99. The first-order chi connectivity index (χ1) is 11.6. The molecule has 0 atom stereocenters. The van der Waals surface area contributed by atoms with Crippen LogP contribution in [0.25, 0.3) is 10.6 Å². The van der Waals surface area contributed by atoms with Crippen molar-refractivity contribution in [3.63, 3.8) is 0 Å². The van der Waals surface area contributed by atoms with Crippen LogP contribution in [0.4, 0.5) is 5.69 Å². The zero-order valence-corrected chi connectivity index (χ0v) is 13.5. The van der Waals surface area contributed by atoms with Crippen molar-refractivity contribution >= 4 is 23.0 Å². The number of benzene rings is 2. The number of aryl methyl sites for hydroxylation is 1. The zero-order valence-electron chi connectivity index (χ0n) is 12.7. The van der Waals surface area contributed by atoms with Crippen LogP contribution in [-0.2, 0) is 7.05 Å². The second-order valence-corrected chi connectivity index (χ2v) is 5.93. The highest BCUT2D eigenvalue weighted by atomic mass is 32.1. The van der Waals surface area contributed by atoms with E-state index in [1.165, 1.54) is 23.5 Å². The molecule has 0 saturated heterocycles. The number of nitriles is 1. The molecule has 7 heteroatoms. The third-order valence-corrected chi connectivity index (χ3v) is 4.33. The Morgan fingerprint density at radius 3 is 2.71 bits per heavy atom. The smallest absolute Gasteiger partial charge is 0.335 e. The van der Waals surface area contributed by atoms with Gasteiger partial charge in [-0.15, -0.1) is 0 Å². The normalized spacial score (nSPS) is 11.2. The van der Waals surface area contributed by atoms with Crippen LogP contribution in [0.1, 0.15) is 15.9 Å². The first kappa shape index (κ1) is 15.6. The van der Waals surface area contributed by atoms with E-state index in [0.29, 0.717) is 16.1 Å². The molecular weight excluding hydrogens is 324 g/mol. The minimum absolute atomic E-state index is 0.190. The van der Waals surface area contributed by atoms with Crippen molar-refractivity contribution in [3.05, 3.63) is 64.5 Å². The van der Waals surface area contributed by atoms with Gasteiger partial charge in [-0.25, -0.2) is 14.5 Å². The molecule has 0 aliphatic rings. The van der Waals surface area contributed by atoms with E-state index in [1.807, 2.05) is 12.1 Å². The maximum atomic E-state index is 11.0. The van der Waals surface area contributed by atoms with Crippen LogP contribution in [0.5, 0.6) is 0 Å². The molecule has 0 unspecified atom stereocenters. The summed E-state index contributed by atoms with van der Waals surface area (Å²) < 4.78 is 1.64. The number of aromatic carboxylic acids is 1. The van der Waals surface area contributed by atoms with E-state index in [4.69, 9.17) is 10.4 Å². The summed E-state index contributed by atoms with van der Waals surface area (Å²) in [6.07, 6.45) is 0. The van der Waals surface area contributed by atoms with Crippen LogP contribution in [0, 0.1) is 11.3 Å². The van der Waals surface area contributed by atoms with Gasteiger partial charge in [0.25, 0.3) is 0 Å². The van der Waals surface area contributed by atoms with Gasteiger partial charge in [-0.2, -0.15) is 10.4 Å². The highest BCUT2D eigenvalue weighted by Crippen LogP contribution is 2.20. The Kier molecular flexibility index (Phi) is 4.22. The Morgan fingerprint density at radius 2 is 2.04 bits per heavy atom. The van der Waals surface area contributed by atoms with Crippen molar-refractivity contribution in [1.29, 1.82) is 5.26 Å². The van der Waals surface area contributed by atoms with Crippen molar-refractivity contribution in [2.24, 2.45) is 12.0 Å². The van der Waals surface area contributed by atoms with E-state index in [0.717, 1.165) is 10.6 Å². The number of rotatable bonds is 3. The topological polar surface area (TPSA) is 91.3 Å². The molecule has 24 heavy (non-hydrogen) atoms. The quantitative estimate of drug-likeness (QED) is 0.796. The van der Waals surface area contributed by atoms with Gasteiger partial charge in [0.05, 0.1) is 22.9 Å². The molecule has 0 saturated carbocycles. The molecule has 118 valence electrons. The largest absolute Gasteiger partial charge is 0.478 e. The van der Waals surface area contributed by atoms with E-state index < -0.39 is 5.97 Å². The molecule has 0 spiro atoms. The summed E-state index contributed by atoms with van der Waals surface area (Å²) in [6.45, 7) is 0. The van der Waals surface area contributed by atoms with Crippen LogP contribution >= 0.6 is 11.3 Å².